The highest BCUT2D eigenvalue weighted by molar-refractivity contribution is 9.10. The molecule has 0 aliphatic heterocycles. The number of carbonyl (C=O) groups excluding carboxylic acids is 1. The SMILES string of the molecule is CCCCCOC(=O)c1cccc(C)c1Br. The van der Waals surface area contributed by atoms with Crippen molar-refractivity contribution >= 4 is 21.9 Å². The van der Waals surface area contributed by atoms with Gasteiger partial charge in [-0.3, -0.25) is 0 Å². The van der Waals surface area contributed by atoms with Gasteiger partial charge >= 0.3 is 5.97 Å². The topological polar surface area (TPSA) is 26.3 Å². The summed E-state index contributed by atoms with van der Waals surface area (Å²) >= 11 is 3.40. The maximum Gasteiger partial charge on any atom is 0.339 e. The summed E-state index contributed by atoms with van der Waals surface area (Å²) in [5, 5.41) is 0. The van der Waals surface area contributed by atoms with Gasteiger partial charge in [0.2, 0.25) is 0 Å². The minimum Gasteiger partial charge on any atom is -0.462 e. The van der Waals surface area contributed by atoms with Crippen LogP contribution in [-0.4, -0.2) is 12.6 Å². The second-order valence-electron chi connectivity index (χ2n) is 3.78. The molecule has 3 heteroatoms. The van der Waals surface area contributed by atoms with Crippen molar-refractivity contribution in [3.8, 4) is 0 Å². The molecule has 0 saturated carbocycles. The minimum absolute atomic E-state index is 0.244. The number of carbonyl (C=O) groups is 1. The maximum absolute atomic E-state index is 11.7. The molecule has 0 bridgehead atoms. The fraction of sp³-hybridized carbons (Fsp3) is 0.462. The summed E-state index contributed by atoms with van der Waals surface area (Å²) in [5.74, 6) is -0.244. The van der Waals surface area contributed by atoms with Crippen LogP contribution in [0.1, 0.15) is 42.1 Å². The fourth-order valence-corrected chi connectivity index (χ4v) is 1.83. The fourth-order valence-electron chi connectivity index (χ4n) is 1.40. The summed E-state index contributed by atoms with van der Waals surface area (Å²) in [6.45, 7) is 4.59. The zero-order valence-electron chi connectivity index (χ0n) is 9.75. The van der Waals surface area contributed by atoms with Gasteiger partial charge < -0.3 is 4.74 Å². The predicted octanol–water partition coefficient (Wildman–Crippen LogP) is 4.10. The van der Waals surface area contributed by atoms with Gasteiger partial charge in [0.1, 0.15) is 0 Å². The van der Waals surface area contributed by atoms with E-state index in [-0.39, 0.29) is 5.97 Å². The number of rotatable bonds is 5. The molecule has 0 radical (unpaired) electrons. The Kier molecular flexibility index (Phi) is 5.53. The van der Waals surface area contributed by atoms with Gasteiger partial charge in [0.05, 0.1) is 12.2 Å². The van der Waals surface area contributed by atoms with Crippen molar-refractivity contribution in [3.63, 3.8) is 0 Å². The van der Waals surface area contributed by atoms with E-state index in [1.54, 1.807) is 6.07 Å². The summed E-state index contributed by atoms with van der Waals surface area (Å²) in [6.07, 6.45) is 3.17. The molecule has 0 fully saturated rings. The molecular weight excluding hydrogens is 268 g/mol. The zero-order chi connectivity index (χ0) is 12.0. The highest BCUT2D eigenvalue weighted by atomic mass is 79.9. The first-order valence-electron chi connectivity index (χ1n) is 5.59. The normalized spacial score (nSPS) is 10.2. The number of unbranched alkanes of at least 4 members (excludes halogenated alkanes) is 2. The number of hydrogen-bond donors (Lipinski definition) is 0. The third-order valence-corrected chi connectivity index (χ3v) is 3.45. The van der Waals surface area contributed by atoms with E-state index < -0.39 is 0 Å². The van der Waals surface area contributed by atoms with E-state index in [0.717, 1.165) is 29.3 Å². The monoisotopic (exact) mass is 284 g/mol. The molecule has 0 aliphatic carbocycles. The van der Waals surface area contributed by atoms with Crippen LogP contribution in [0.2, 0.25) is 0 Å². The Morgan fingerprint density at radius 1 is 1.38 bits per heavy atom. The zero-order valence-corrected chi connectivity index (χ0v) is 11.3. The number of aryl methyl sites for hydroxylation is 1. The van der Waals surface area contributed by atoms with Gasteiger partial charge in [0.25, 0.3) is 0 Å². The minimum atomic E-state index is -0.244. The second kappa shape index (κ2) is 6.69. The predicted molar refractivity (Wildman–Crippen MR) is 68.7 cm³/mol. The molecule has 0 saturated heterocycles. The van der Waals surface area contributed by atoms with Crippen LogP contribution in [0.4, 0.5) is 0 Å². The molecule has 16 heavy (non-hydrogen) atoms. The average molecular weight is 285 g/mol. The standard InChI is InChI=1S/C13H17BrO2/c1-3-4-5-9-16-13(15)11-8-6-7-10(2)12(11)14/h6-8H,3-5,9H2,1-2H3. The lowest BCUT2D eigenvalue weighted by Gasteiger charge is -2.07. The van der Waals surface area contributed by atoms with Gasteiger partial charge in [-0.15, -0.1) is 0 Å². The van der Waals surface area contributed by atoms with Crippen molar-refractivity contribution in [2.75, 3.05) is 6.61 Å². The summed E-state index contributed by atoms with van der Waals surface area (Å²) < 4.78 is 6.03. The molecule has 1 aromatic rings. The second-order valence-corrected chi connectivity index (χ2v) is 4.57. The molecular formula is C13H17BrO2. The Labute approximate surface area is 105 Å². The van der Waals surface area contributed by atoms with Crippen LogP contribution in [0.5, 0.6) is 0 Å². The number of esters is 1. The summed E-state index contributed by atoms with van der Waals surface area (Å²) in [5.41, 5.74) is 1.65. The highest BCUT2D eigenvalue weighted by Gasteiger charge is 2.11. The van der Waals surface area contributed by atoms with E-state index in [2.05, 4.69) is 22.9 Å². The molecule has 0 N–H and O–H groups in total. The molecule has 0 aliphatic rings. The van der Waals surface area contributed by atoms with Gasteiger partial charge in [0, 0.05) is 4.47 Å². The van der Waals surface area contributed by atoms with Crippen LogP contribution in [0.15, 0.2) is 22.7 Å². The maximum atomic E-state index is 11.7. The van der Waals surface area contributed by atoms with Crippen LogP contribution in [0, 0.1) is 6.92 Å². The number of halogens is 1. The van der Waals surface area contributed by atoms with E-state index >= 15 is 0 Å². The molecule has 0 aromatic heterocycles. The van der Waals surface area contributed by atoms with Crippen molar-refractivity contribution in [2.24, 2.45) is 0 Å². The Hall–Kier alpha value is -0.830. The van der Waals surface area contributed by atoms with Gasteiger partial charge in [0.15, 0.2) is 0 Å². The smallest absolute Gasteiger partial charge is 0.339 e. The number of ether oxygens (including phenoxy) is 1. The first-order chi connectivity index (χ1) is 7.66. The third-order valence-electron chi connectivity index (χ3n) is 2.39. The van der Waals surface area contributed by atoms with Crippen LogP contribution in [0.25, 0.3) is 0 Å². The lowest BCUT2D eigenvalue weighted by molar-refractivity contribution is 0.0497. The van der Waals surface area contributed by atoms with Gasteiger partial charge in [-0.2, -0.15) is 0 Å². The Morgan fingerprint density at radius 2 is 2.12 bits per heavy atom. The van der Waals surface area contributed by atoms with Crippen LogP contribution in [0.3, 0.4) is 0 Å². The van der Waals surface area contributed by atoms with Crippen LogP contribution < -0.4 is 0 Å². The van der Waals surface area contributed by atoms with Crippen molar-refractivity contribution < 1.29 is 9.53 Å². The molecule has 0 unspecified atom stereocenters. The largest absolute Gasteiger partial charge is 0.462 e. The Balaban J connectivity index is 2.56. The van der Waals surface area contributed by atoms with Gasteiger partial charge in [-0.1, -0.05) is 31.9 Å². The lowest BCUT2D eigenvalue weighted by Crippen LogP contribution is -2.07. The van der Waals surface area contributed by atoms with Crippen LogP contribution >= 0.6 is 15.9 Å². The van der Waals surface area contributed by atoms with E-state index in [1.807, 2.05) is 19.1 Å². The molecule has 1 aromatic carbocycles. The average Bonchev–Trinajstić information content (AvgIpc) is 2.28. The summed E-state index contributed by atoms with van der Waals surface area (Å²) in [6, 6.07) is 5.60. The van der Waals surface area contributed by atoms with Gasteiger partial charge in [-0.25, -0.2) is 4.79 Å². The Morgan fingerprint density at radius 3 is 2.81 bits per heavy atom. The van der Waals surface area contributed by atoms with E-state index in [9.17, 15) is 4.79 Å². The molecule has 1 rings (SSSR count). The summed E-state index contributed by atoms with van der Waals surface area (Å²) in [4.78, 5) is 11.7. The van der Waals surface area contributed by atoms with Crippen molar-refractivity contribution in [3.05, 3.63) is 33.8 Å². The first-order valence-corrected chi connectivity index (χ1v) is 6.38. The lowest BCUT2D eigenvalue weighted by atomic mass is 10.1. The molecule has 2 nitrogen and oxygen atoms in total. The van der Waals surface area contributed by atoms with Crippen molar-refractivity contribution in [2.45, 2.75) is 33.1 Å². The van der Waals surface area contributed by atoms with Crippen molar-refractivity contribution in [1.29, 1.82) is 0 Å². The first kappa shape index (κ1) is 13.2. The van der Waals surface area contributed by atoms with E-state index in [1.165, 1.54) is 0 Å². The quantitative estimate of drug-likeness (QED) is 0.601. The van der Waals surface area contributed by atoms with E-state index in [4.69, 9.17) is 4.74 Å². The highest BCUT2D eigenvalue weighted by Crippen LogP contribution is 2.21. The molecule has 0 atom stereocenters. The number of hydrogen-bond acceptors (Lipinski definition) is 2. The van der Waals surface area contributed by atoms with Crippen LogP contribution in [-0.2, 0) is 4.74 Å². The van der Waals surface area contributed by atoms with E-state index in [0.29, 0.717) is 12.2 Å². The number of benzene rings is 1. The molecule has 0 heterocycles. The summed E-state index contributed by atoms with van der Waals surface area (Å²) in [7, 11) is 0. The molecule has 0 spiro atoms. The molecule has 0 amide bonds. The molecule has 88 valence electrons. The van der Waals surface area contributed by atoms with Gasteiger partial charge in [-0.05, 0) is 40.9 Å². The third kappa shape index (κ3) is 3.63. The van der Waals surface area contributed by atoms with Crippen molar-refractivity contribution in [1.82, 2.24) is 0 Å². The Bertz CT molecular complexity index is 361.